The van der Waals surface area contributed by atoms with E-state index in [0.29, 0.717) is 0 Å². The van der Waals surface area contributed by atoms with Crippen molar-refractivity contribution >= 4 is 5.69 Å². The first-order valence-electron chi connectivity index (χ1n) is 6.06. The van der Waals surface area contributed by atoms with Crippen LogP contribution in [0.15, 0.2) is 30.3 Å². The quantitative estimate of drug-likeness (QED) is 0.838. The minimum Gasteiger partial charge on any atom is -0.357 e. The van der Waals surface area contributed by atoms with E-state index in [1.54, 1.807) is 0 Å². The summed E-state index contributed by atoms with van der Waals surface area (Å²) < 4.78 is 5.86. The topological polar surface area (TPSA) is 24.5 Å². The lowest BCUT2D eigenvalue weighted by Crippen LogP contribution is -2.52. The van der Waals surface area contributed by atoms with Gasteiger partial charge in [0.25, 0.3) is 0 Å². The highest BCUT2D eigenvalue weighted by Gasteiger charge is 2.22. The van der Waals surface area contributed by atoms with Crippen LogP contribution in [0.2, 0.25) is 0 Å². The van der Waals surface area contributed by atoms with E-state index in [4.69, 9.17) is 4.74 Å². The number of para-hydroxylation sites is 1. The standard InChI is InChI=1S/C13H20N2O/c1-2-10-16-13-11-14-8-9-15(13)12-6-4-3-5-7-12/h3-7,13-14H,2,8-11H2,1H3. The van der Waals surface area contributed by atoms with Crippen molar-refractivity contribution in [1.29, 1.82) is 0 Å². The van der Waals surface area contributed by atoms with E-state index >= 15 is 0 Å². The van der Waals surface area contributed by atoms with Gasteiger partial charge in [0, 0.05) is 31.9 Å². The Kier molecular flexibility index (Phi) is 4.19. The second kappa shape index (κ2) is 5.87. The van der Waals surface area contributed by atoms with Crippen LogP contribution in [0, 0.1) is 0 Å². The first kappa shape index (κ1) is 11.4. The highest BCUT2D eigenvalue weighted by molar-refractivity contribution is 5.47. The average molecular weight is 220 g/mol. The molecule has 1 fully saturated rings. The zero-order chi connectivity index (χ0) is 11.2. The normalized spacial score (nSPS) is 21.1. The Bertz CT molecular complexity index is 302. The van der Waals surface area contributed by atoms with Crippen molar-refractivity contribution in [3.05, 3.63) is 30.3 Å². The summed E-state index contributed by atoms with van der Waals surface area (Å²) >= 11 is 0. The fourth-order valence-corrected chi connectivity index (χ4v) is 2.00. The molecular formula is C13H20N2O. The van der Waals surface area contributed by atoms with Gasteiger partial charge in [0.1, 0.15) is 6.23 Å². The molecule has 0 aromatic heterocycles. The third-order valence-corrected chi connectivity index (χ3v) is 2.80. The molecule has 1 heterocycles. The van der Waals surface area contributed by atoms with Gasteiger partial charge in [-0.15, -0.1) is 0 Å². The summed E-state index contributed by atoms with van der Waals surface area (Å²) in [7, 11) is 0. The minimum absolute atomic E-state index is 0.177. The lowest BCUT2D eigenvalue weighted by molar-refractivity contribution is 0.0434. The molecule has 0 radical (unpaired) electrons. The monoisotopic (exact) mass is 220 g/mol. The summed E-state index contributed by atoms with van der Waals surface area (Å²) in [5.41, 5.74) is 1.25. The third-order valence-electron chi connectivity index (χ3n) is 2.80. The van der Waals surface area contributed by atoms with Crippen LogP contribution >= 0.6 is 0 Å². The molecule has 1 aliphatic heterocycles. The second-order valence-electron chi connectivity index (χ2n) is 4.06. The summed E-state index contributed by atoms with van der Waals surface area (Å²) in [5.74, 6) is 0. The van der Waals surface area contributed by atoms with Crippen LogP contribution in [-0.2, 0) is 4.74 Å². The zero-order valence-corrected chi connectivity index (χ0v) is 9.86. The molecular weight excluding hydrogens is 200 g/mol. The lowest BCUT2D eigenvalue weighted by atomic mass is 10.2. The molecule has 3 nitrogen and oxygen atoms in total. The molecule has 16 heavy (non-hydrogen) atoms. The maximum absolute atomic E-state index is 5.86. The number of hydrogen-bond donors (Lipinski definition) is 1. The van der Waals surface area contributed by atoms with Crippen LogP contribution < -0.4 is 10.2 Å². The number of ether oxygens (including phenoxy) is 1. The van der Waals surface area contributed by atoms with Crippen molar-refractivity contribution in [2.45, 2.75) is 19.6 Å². The first-order chi connectivity index (χ1) is 7.92. The van der Waals surface area contributed by atoms with Gasteiger partial charge in [-0.25, -0.2) is 0 Å². The second-order valence-corrected chi connectivity index (χ2v) is 4.06. The van der Waals surface area contributed by atoms with E-state index in [1.807, 2.05) is 6.07 Å². The Morgan fingerprint density at radius 3 is 2.94 bits per heavy atom. The summed E-state index contributed by atoms with van der Waals surface area (Å²) in [6.45, 7) is 5.92. The molecule has 3 heteroatoms. The number of benzene rings is 1. The zero-order valence-electron chi connectivity index (χ0n) is 9.86. The van der Waals surface area contributed by atoms with Crippen LogP contribution in [0.25, 0.3) is 0 Å². The molecule has 1 saturated heterocycles. The van der Waals surface area contributed by atoms with Crippen molar-refractivity contribution in [2.24, 2.45) is 0 Å². The van der Waals surface area contributed by atoms with E-state index in [-0.39, 0.29) is 6.23 Å². The van der Waals surface area contributed by atoms with Crippen LogP contribution in [0.4, 0.5) is 5.69 Å². The predicted octanol–water partition coefficient (Wildman–Crippen LogP) is 1.85. The number of nitrogens with zero attached hydrogens (tertiary/aromatic N) is 1. The number of piperazine rings is 1. The van der Waals surface area contributed by atoms with Crippen molar-refractivity contribution in [3.8, 4) is 0 Å². The molecule has 1 aliphatic rings. The molecule has 0 spiro atoms. The van der Waals surface area contributed by atoms with Gasteiger partial charge >= 0.3 is 0 Å². The van der Waals surface area contributed by atoms with Crippen LogP contribution in [0.1, 0.15) is 13.3 Å². The van der Waals surface area contributed by atoms with Crippen molar-refractivity contribution in [1.82, 2.24) is 5.32 Å². The molecule has 0 amide bonds. The van der Waals surface area contributed by atoms with E-state index < -0.39 is 0 Å². The Morgan fingerprint density at radius 2 is 2.19 bits per heavy atom. The number of anilines is 1. The SMILES string of the molecule is CCCOC1CNCCN1c1ccccc1. The third kappa shape index (κ3) is 2.74. The minimum atomic E-state index is 0.177. The Balaban J connectivity index is 2.04. The van der Waals surface area contributed by atoms with Gasteiger partial charge in [-0.1, -0.05) is 25.1 Å². The number of hydrogen-bond acceptors (Lipinski definition) is 3. The molecule has 1 aromatic rings. The van der Waals surface area contributed by atoms with Crippen LogP contribution in [0.5, 0.6) is 0 Å². The van der Waals surface area contributed by atoms with E-state index in [1.165, 1.54) is 5.69 Å². The Labute approximate surface area is 97.4 Å². The van der Waals surface area contributed by atoms with Crippen LogP contribution in [0.3, 0.4) is 0 Å². The van der Waals surface area contributed by atoms with Crippen molar-refractivity contribution < 1.29 is 4.74 Å². The largest absolute Gasteiger partial charge is 0.357 e. The fraction of sp³-hybridized carbons (Fsp3) is 0.538. The number of nitrogens with one attached hydrogen (secondary N) is 1. The molecule has 1 aromatic carbocycles. The van der Waals surface area contributed by atoms with E-state index in [0.717, 1.165) is 32.7 Å². The van der Waals surface area contributed by atoms with Gasteiger partial charge in [0.05, 0.1) is 0 Å². The van der Waals surface area contributed by atoms with Gasteiger partial charge in [-0.3, -0.25) is 0 Å². The molecule has 0 bridgehead atoms. The van der Waals surface area contributed by atoms with Gasteiger partial charge in [-0.05, 0) is 18.6 Å². The molecule has 0 aliphatic carbocycles. The summed E-state index contributed by atoms with van der Waals surface area (Å²) in [6.07, 6.45) is 1.25. The highest BCUT2D eigenvalue weighted by atomic mass is 16.5. The maximum atomic E-state index is 5.86. The Hall–Kier alpha value is -1.06. The number of rotatable bonds is 4. The van der Waals surface area contributed by atoms with Gasteiger partial charge in [-0.2, -0.15) is 0 Å². The molecule has 0 saturated carbocycles. The van der Waals surface area contributed by atoms with Gasteiger partial charge in [0.2, 0.25) is 0 Å². The molecule has 1 unspecified atom stereocenters. The molecule has 88 valence electrons. The fourth-order valence-electron chi connectivity index (χ4n) is 2.00. The Morgan fingerprint density at radius 1 is 1.38 bits per heavy atom. The highest BCUT2D eigenvalue weighted by Crippen LogP contribution is 2.18. The maximum Gasteiger partial charge on any atom is 0.142 e. The molecule has 1 atom stereocenters. The average Bonchev–Trinajstić information content (AvgIpc) is 2.38. The first-order valence-corrected chi connectivity index (χ1v) is 6.06. The summed E-state index contributed by atoms with van der Waals surface area (Å²) in [6, 6.07) is 10.5. The van der Waals surface area contributed by atoms with Gasteiger partial charge < -0.3 is 15.0 Å². The van der Waals surface area contributed by atoms with Crippen molar-refractivity contribution in [3.63, 3.8) is 0 Å². The summed E-state index contributed by atoms with van der Waals surface area (Å²) in [5, 5.41) is 3.38. The predicted molar refractivity (Wildman–Crippen MR) is 66.7 cm³/mol. The van der Waals surface area contributed by atoms with Crippen LogP contribution in [-0.4, -0.2) is 32.5 Å². The molecule has 1 N–H and O–H groups in total. The smallest absolute Gasteiger partial charge is 0.142 e. The lowest BCUT2D eigenvalue weighted by Gasteiger charge is -2.37. The van der Waals surface area contributed by atoms with E-state index in [2.05, 4.69) is 41.4 Å². The van der Waals surface area contributed by atoms with E-state index in [9.17, 15) is 0 Å². The molecule has 2 rings (SSSR count). The van der Waals surface area contributed by atoms with Gasteiger partial charge in [0.15, 0.2) is 0 Å². The summed E-state index contributed by atoms with van der Waals surface area (Å²) in [4.78, 5) is 2.34. The van der Waals surface area contributed by atoms with Crippen molar-refractivity contribution in [2.75, 3.05) is 31.1 Å².